The number of aromatic nitrogens is 2. The van der Waals surface area contributed by atoms with Crippen LogP contribution in [0.3, 0.4) is 0 Å². The van der Waals surface area contributed by atoms with Crippen LogP contribution in [-0.4, -0.2) is 29.0 Å². The van der Waals surface area contributed by atoms with Crippen LogP contribution in [0.4, 0.5) is 4.39 Å². The quantitative estimate of drug-likeness (QED) is 0.222. The van der Waals surface area contributed by atoms with Crippen molar-refractivity contribution in [2.24, 2.45) is 4.99 Å². The second kappa shape index (κ2) is 13.2. The lowest BCUT2D eigenvalue weighted by Crippen LogP contribution is -2.38. The maximum Gasteiger partial charge on any atom is 0.191 e. The minimum atomic E-state index is -0.431. The third kappa shape index (κ3) is 8.06. The Hall–Kier alpha value is -2.27. The van der Waals surface area contributed by atoms with E-state index in [1.807, 2.05) is 19.2 Å². The molecule has 2 heterocycles. The molecule has 166 valence electrons. The molecule has 0 amide bonds. The van der Waals surface area contributed by atoms with Crippen molar-refractivity contribution in [3.63, 3.8) is 0 Å². The molecule has 2 N–H and O–H groups in total. The van der Waals surface area contributed by atoms with Gasteiger partial charge in [-0.3, -0.25) is 4.98 Å². The lowest BCUT2D eigenvalue weighted by atomic mass is 10.2. The van der Waals surface area contributed by atoms with Crippen LogP contribution < -0.4 is 15.4 Å². The fourth-order valence-electron chi connectivity index (χ4n) is 2.69. The van der Waals surface area contributed by atoms with E-state index in [4.69, 9.17) is 4.74 Å². The zero-order valence-corrected chi connectivity index (χ0v) is 20.7. The number of thiazole rings is 1. The van der Waals surface area contributed by atoms with E-state index in [1.54, 1.807) is 41.9 Å². The summed E-state index contributed by atoms with van der Waals surface area (Å²) in [5, 5.41) is 7.63. The van der Waals surface area contributed by atoms with Gasteiger partial charge >= 0.3 is 0 Å². The number of rotatable bonds is 9. The Bertz CT molecular complexity index is 968. The second-order valence-corrected chi connectivity index (χ2v) is 7.70. The van der Waals surface area contributed by atoms with Crippen molar-refractivity contribution in [2.45, 2.75) is 33.2 Å². The lowest BCUT2D eigenvalue weighted by Gasteiger charge is -2.11. The van der Waals surface area contributed by atoms with Crippen molar-refractivity contribution >= 4 is 41.3 Å². The Labute approximate surface area is 203 Å². The summed E-state index contributed by atoms with van der Waals surface area (Å²) < 4.78 is 19.9. The molecule has 0 saturated carbocycles. The summed E-state index contributed by atoms with van der Waals surface area (Å²) in [5.74, 6) is 0.920. The van der Waals surface area contributed by atoms with Gasteiger partial charge in [0.15, 0.2) is 17.5 Å². The number of pyridine rings is 1. The molecule has 0 spiro atoms. The van der Waals surface area contributed by atoms with Crippen LogP contribution in [0.1, 0.15) is 29.3 Å². The fraction of sp³-hybridized carbons (Fsp3) is 0.318. The van der Waals surface area contributed by atoms with E-state index in [2.05, 4.69) is 32.5 Å². The molecule has 6 nitrogen and oxygen atoms in total. The van der Waals surface area contributed by atoms with Crippen molar-refractivity contribution in [2.75, 3.05) is 13.1 Å². The number of guanidine groups is 1. The molecule has 0 radical (unpaired) electrons. The van der Waals surface area contributed by atoms with Gasteiger partial charge in [0, 0.05) is 36.8 Å². The van der Waals surface area contributed by atoms with E-state index < -0.39 is 5.82 Å². The first-order valence-corrected chi connectivity index (χ1v) is 10.8. The minimum Gasteiger partial charge on any atom is -0.453 e. The molecule has 0 aliphatic heterocycles. The number of nitrogens with zero attached hydrogens (tertiary/aromatic N) is 3. The molecular weight excluding hydrogens is 528 g/mol. The summed E-state index contributed by atoms with van der Waals surface area (Å²) in [4.78, 5) is 14.2. The Morgan fingerprint density at radius 2 is 2.06 bits per heavy atom. The molecule has 0 bridgehead atoms. The summed E-state index contributed by atoms with van der Waals surface area (Å²) in [5.41, 5.74) is 0.760. The predicted molar refractivity (Wildman–Crippen MR) is 134 cm³/mol. The van der Waals surface area contributed by atoms with Gasteiger partial charge in [-0.2, -0.15) is 0 Å². The van der Waals surface area contributed by atoms with Crippen molar-refractivity contribution in [3.05, 3.63) is 70.2 Å². The first-order valence-electron chi connectivity index (χ1n) is 10.00. The van der Waals surface area contributed by atoms with Gasteiger partial charge in [-0.1, -0.05) is 13.0 Å². The van der Waals surface area contributed by atoms with Gasteiger partial charge in [-0.25, -0.2) is 14.4 Å². The van der Waals surface area contributed by atoms with E-state index in [0.29, 0.717) is 18.3 Å². The number of nitrogens with one attached hydrogen (secondary N) is 2. The molecule has 0 aliphatic carbocycles. The van der Waals surface area contributed by atoms with E-state index in [-0.39, 0.29) is 29.7 Å². The zero-order valence-electron chi connectivity index (χ0n) is 17.6. The van der Waals surface area contributed by atoms with Crippen LogP contribution in [0.5, 0.6) is 11.5 Å². The highest BCUT2D eigenvalue weighted by Gasteiger charge is 2.07. The van der Waals surface area contributed by atoms with Gasteiger partial charge in [0.2, 0.25) is 0 Å². The average molecular weight is 555 g/mol. The van der Waals surface area contributed by atoms with Gasteiger partial charge in [-0.15, -0.1) is 35.3 Å². The third-order valence-electron chi connectivity index (χ3n) is 4.20. The van der Waals surface area contributed by atoms with Gasteiger partial charge in [0.1, 0.15) is 5.75 Å². The standard InChI is InChI=1S/C22H26FN5OS.HI/c1-3-18-15-27-21(30-18)9-11-26-22(25-4-2)28-13-16-7-8-20(19(23)12-16)29-17-6-5-10-24-14-17;/h5-8,10,12,14-15H,3-4,9,11,13H2,1-2H3,(H2,25,26,28);1H. The molecule has 0 aliphatic rings. The summed E-state index contributed by atoms with van der Waals surface area (Å²) >= 11 is 1.74. The minimum absolute atomic E-state index is 0. The summed E-state index contributed by atoms with van der Waals surface area (Å²) in [6.07, 6.45) is 6.97. The normalized spacial score (nSPS) is 11.0. The lowest BCUT2D eigenvalue weighted by molar-refractivity contribution is 0.440. The van der Waals surface area contributed by atoms with Crippen molar-refractivity contribution in [3.8, 4) is 11.5 Å². The van der Waals surface area contributed by atoms with E-state index in [9.17, 15) is 4.39 Å². The third-order valence-corrected chi connectivity index (χ3v) is 5.41. The topological polar surface area (TPSA) is 71.4 Å². The largest absolute Gasteiger partial charge is 0.453 e. The van der Waals surface area contributed by atoms with E-state index in [1.165, 1.54) is 10.9 Å². The molecule has 0 saturated heterocycles. The van der Waals surface area contributed by atoms with Crippen LogP contribution in [0.2, 0.25) is 0 Å². The highest BCUT2D eigenvalue weighted by Crippen LogP contribution is 2.24. The van der Waals surface area contributed by atoms with Crippen LogP contribution in [0.15, 0.2) is 53.9 Å². The van der Waals surface area contributed by atoms with E-state index in [0.717, 1.165) is 36.5 Å². The predicted octanol–water partition coefficient (Wildman–Crippen LogP) is 4.95. The Balaban J connectivity index is 0.00000341. The Morgan fingerprint density at radius 1 is 1.19 bits per heavy atom. The maximum atomic E-state index is 14.4. The monoisotopic (exact) mass is 555 g/mol. The van der Waals surface area contributed by atoms with Crippen LogP contribution in [0.25, 0.3) is 0 Å². The highest BCUT2D eigenvalue weighted by molar-refractivity contribution is 14.0. The average Bonchev–Trinajstić information content (AvgIpc) is 3.22. The summed E-state index contributed by atoms with van der Waals surface area (Å²) in [7, 11) is 0. The molecular formula is C22H27FIN5OS. The number of hydrogen-bond donors (Lipinski definition) is 2. The molecule has 0 unspecified atom stereocenters. The number of halogens is 2. The fourth-order valence-corrected chi connectivity index (χ4v) is 3.55. The van der Waals surface area contributed by atoms with Crippen molar-refractivity contribution < 1.29 is 9.13 Å². The van der Waals surface area contributed by atoms with Gasteiger partial charge < -0.3 is 15.4 Å². The Kier molecular flexibility index (Phi) is 10.6. The van der Waals surface area contributed by atoms with Crippen LogP contribution >= 0.6 is 35.3 Å². The summed E-state index contributed by atoms with van der Waals surface area (Å²) in [6.45, 7) is 5.97. The molecule has 3 aromatic rings. The smallest absolute Gasteiger partial charge is 0.191 e. The molecule has 0 fully saturated rings. The second-order valence-electron chi connectivity index (χ2n) is 6.50. The number of aliphatic imine (C=N–C) groups is 1. The van der Waals surface area contributed by atoms with Crippen LogP contribution in [0, 0.1) is 5.82 Å². The molecule has 3 rings (SSSR count). The molecule has 1 aromatic carbocycles. The van der Waals surface area contributed by atoms with Crippen molar-refractivity contribution in [1.29, 1.82) is 0 Å². The highest BCUT2D eigenvalue weighted by atomic mass is 127. The Morgan fingerprint density at radius 3 is 2.74 bits per heavy atom. The SMILES string of the molecule is CCNC(=NCc1ccc(Oc2cccnc2)c(F)c1)NCCc1ncc(CC)s1.I. The van der Waals surface area contributed by atoms with E-state index >= 15 is 0 Å². The summed E-state index contributed by atoms with van der Waals surface area (Å²) in [6, 6.07) is 8.34. The van der Waals surface area contributed by atoms with Crippen LogP contribution in [-0.2, 0) is 19.4 Å². The number of hydrogen-bond acceptors (Lipinski definition) is 5. The molecule has 0 atom stereocenters. The van der Waals surface area contributed by atoms with Crippen molar-refractivity contribution in [1.82, 2.24) is 20.6 Å². The first-order chi connectivity index (χ1) is 14.7. The number of ether oxygens (including phenoxy) is 1. The molecule has 9 heteroatoms. The molecule has 31 heavy (non-hydrogen) atoms. The molecule has 2 aromatic heterocycles. The first kappa shape index (κ1) is 25.0. The number of aryl methyl sites for hydroxylation is 1. The zero-order chi connectivity index (χ0) is 21.2. The van der Waals surface area contributed by atoms with Gasteiger partial charge in [0.05, 0.1) is 17.7 Å². The maximum absolute atomic E-state index is 14.4. The number of benzene rings is 1. The van der Waals surface area contributed by atoms with Gasteiger partial charge in [-0.05, 0) is 43.2 Å². The van der Waals surface area contributed by atoms with Gasteiger partial charge in [0.25, 0.3) is 0 Å².